The minimum Gasteiger partial charge on any atom is -0.276 e. The van der Waals surface area contributed by atoms with Gasteiger partial charge in [0.05, 0.1) is 11.0 Å². The quantitative estimate of drug-likeness (QED) is 0.277. The Morgan fingerprint density at radius 1 is 0.706 bits per heavy atom. The van der Waals surface area contributed by atoms with Crippen molar-refractivity contribution in [2.75, 3.05) is 0 Å². The van der Waals surface area contributed by atoms with Crippen LogP contribution in [0, 0.1) is 0 Å². The highest BCUT2D eigenvalue weighted by Gasteiger charge is 2.22. The second-order valence-corrected chi connectivity index (χ2v) is 9.21. The standard InChI is InChI=1S/C29H18N4S/c1-2-8-19(9-3-1)22-18-23-27(26-21-10-4-5-11-24(21)34-28(22)26)32-29(20-13-16-30-17-14-20)33(23)25-12-6-7-15-31-25/h1-18H. The van der Waals surface area contributed by atoms with Gasteiger partial charge in [-0.2, -0.15) is 0 Å². The molecule has 0 saturated carbocycles. The van der Waals surface area contributed by atoms with Crippen molar-refractivity contribution in [1.82, 2.24) is 19.5 Å². The van der Waals surface area contributed by atoms with Gasteiger partial charge in [-0.3, -0.25) is 9.55 Å². The summed E-state index contributed by atoms with van der Waals surface area (Å²) < 4.78 is 4.69. The zero-order valence-electron chi connectivity index (χ0n) is 18.1. The van der Waals surface area contributed by atoms with E-state index in [1.807, 2.05) is 60.3 Å². The summed E-state index contributed by atoms with van der Waals surface area (Å²) in [5.74, 6) is 1.70. The summed E-state index contributed by atoms with van der Waals surface area (Å²) in [6.45, 7) is 0. The highest BCUT2D eigenvalue weighted by molar-refractivity contribution is 7.26. The summed E-state index contributed by atoms with van der Waals surface area (Å²) in [7, 11) is 0. The molecule has 7 aromatic rings. The molecule has 4 heterocycles. The Kier molecular flexibility index (Phi) is 4.29. The second-order valence-electron chi connectivity index (χ2n) is 8.15. The van der Waals surface area contributed by atoms with E-state index < -0.39 is 0 Å². The first-order valence-corrected chi connectivity index (χ1v) is 11.9. The van der Waals surface area contributed by atoms with Crippen LogP contribution >= 0.6 is 11.3 Å². The van der Waals surface area contributed by atoms with Gasteiger partial charge in [-0.05, 0) is 42.0 Å². The van der Waals surface area contributed by atoms with E-state index >= 15 is 0 Å². The molecule has 0 atom stereocenters. The smallest absolute Gasteiger partial charge is 0.147 e. The number of fused-ring (bicyclic) bond motifs is 5. The van der Waals surface area contributed by atoms with Gasteiger partial charge in [0.15, 0.2) is 0 Å². The number of pyridine rings is 2. The van der Waals surface area contributed by atoms with Crippen LogP contribution in [0.3, 0.4) is 0 Å². The molecule has 0 saturated heterocycles. The van der Waals surface area contributed by atoms with Gasteiger partial charge >= 0.3 is 0 Å². The van der Waals surface area contributed by atoms with Crippen LogP contribution in [-0.2, 0) is 0 Å². The summed E-state index contributed by atoms with van der Waals surface area (Å²) in [5, 5.41) is 2.43. The molecule has 4 aromatic heterocycles. The molecule has 0 radical (unpaired) electrons. The summed E-state index contributed by atoms with van der Waals surface area (Å²) in [4.78, 5) is 14.2. The van der Waals surface area contributed by atoms with E-state index in [2.05, 4.69) is 70.2 Å². The van der Waals surface area contributed by atoms with E-state index in [4.69, 9.17) is 9.97 Å². The number of hydrogen-bond acceptors (Lipinski definition) is 4. The molecule has 34 heavy (non-hydrogen) atoms. The summed E-state index contributed by atoms with van der Waals surface area (Å²) in [6.07, 6.45) is 5.44. The normalized spacial score (nSPS) is 11.5. The molecule has 0 amide bonds. The van der Waals surface area contributed by atoms with Gasteiger partial charge in [-0.1, -0.05) is 54.6 Å². The maximum absolute atomic E-state index is 5.25. The first-order valence-electron chi connectivity index (χ1n) is 11.1. The lowest BCUT2D eigenvalue weighted by molar-refractivity contribution is 1.03. The van der Waals surface area contributed by atoms with Crippen molar-refractivity contribution in [2.45, 2.75) is 0 Å². The van der Waals surface area contributed by atoms with Gasteiger partial charge in [0, 0.05) is 49.9 Å². The van der Waals surface area contributed by atoms with Crippen LogP contribution in [0.5, 0.6) is 0 Å². The Morgan fingerprint density at radius 3 is 2.32 bits per heavy atom. The van der Waals surface area contributed by atoms with Crippen LogP contribution in [0.15, 0.2) is 110 Å². The lowest BCUT2D eigenvalue weighted by Gasteiger charge is -2.10. The summed E-state index contributed by atoms with van der Waals surface area (Å²) in [6, 6.07) is 31.5. The molecule has 0 fully saturated rings. The van der Waals surface area contributed by atoms with E-state index in [0.29, 0.717) is 0 Å². The van der Waals surface area contributed by atoms with Gasteiger partial charge in [0.1, 0.15) is 11.6 Å². The fraction of sp³-hybridized carbons (Fsp3) is 0. The van der Waals surface area contributed by atoms with Crippen LogP contribution in [-0.4, -0.2) is 19.5 Å². The first-order chi connectivity index (χ1) is 16.9. The van der Waals surface area contributed by atoms with Crippen LogP contribution in [0.1, 0.15) is 0 Å². The van der Waals surface area contributed by atoms with Gasteiger partial charge in [0.2, 0.25) is 0 Å². The van der Waals surface area contributed by atoms with Crippen LogP contribution in [0.25, 0.3) is 59.5 Å². The van der Waals surface area contributed by atoms with Gasteiger partial charge < -0.3 is 0 Å². The van der Waals surface area contributed by atoms with Gasteiger partial charge in [-0.15, -0.1) is 11.3 Å². The summed E-state index contributed by atoms with van der Waals surface area (Å²) >= 11 is 1.83. The molecule has 5 heteroatoms. The van der Waals surface area contributed by atoms with Crippen molar-refractivity contribution in [3.05, 3.63) is 110 Å². The van der Waals surface area contributed by atoms with E-state index in [9.17, 15) is 0 Å². The third kappa shape index (κ3) is 2.87. The molecule has 0 N–H and O–H groups in total. The van der Waals surface area contributed by atoms with Crippen molar-refractivity contribution in [3.8, 4) is 28.3 Å². The SMILES string of the molecule is c1ccc(-c2cc3c(nc(-c4ccncc4)n3-c3ccccn3)c3c2sc2ccccc23)cc1. The minimum atomic E-state index is 0.842. The van der Waals surface area contributed by atoms with E-state index in [1.165, 1.54) is 31.3 Å². The minimum absolute atomic E-state index is 0.842. The molecule has 160 valence electrons. The van der Waals surface area contributed by atoms with Gasteiger partial charge in [-0.25, -0.2) is 9.97 Å². The van der Waals surface area contributed by atoms with Crippen molar-refractivity contribution < 1.29 is 0 Å². The third-order valence-electron chi connectivity index (χ3n) is 6.17. The summed E-state index contributed by atoms with van der Waals surface area (Å²) in [5.41, 5.74) is 5.44. The van der Waals surface area contributed by atoms with Crippen molar-refractivity contribution >= 4 is 42.5 Å². The Balaban J connectivity index is 1.71. The Hall–Kier alpha value is -4.35. The first kappa shape index (κ1) is 19.1. The predicted octanol–water partition coefficient (Wildman–Crippen LogP) is 7.52. The van der Waals surface area contributed by atoms with Crippen molar-refractivity contribution in [3.63, 3.8) is 0 Å². The lowest BCUT2D eigenvalue weighted by atomic mass is 10.0. The van der Waals surface area contributed by atoms with Crippen molar-refractivity contribution in [2.24, 2.45) is 0 Å². The molecule has 0 aliphatic rings. The monoisotopic (exact) mass is 454 g/mol. The second kappa shape index (κ2) is 7.61. The maximum Gasteiger partial charge on any atom is 0.147 e. The highest BCUT2D eigenvalue weighted by atomic mass is 32.1. The molecule has 0 unspecified atom stereocenters. The zero-order chi connectivity index (χ0) is 22.5. The average molecular weight is 455 g/mol. The van der Waals surface area contributed by atoms with Gasteiger partial charge in [0.25, 0.3) is 0 Å². The molecule has 0 spiro atoms. The molecule has 4 nitrogen and oxygen atoms in total. The lowest BCUT2D eigenvalue weighted by Crippen LogP contribution is -2.00. The molecular formula is C29H18N4S. The van der Waals surface area contributed by atoms with Crippen LogP contribution < -0.4 is 0 Å². The topological polar surface area (TPSA) is 43.6 Å². The largest absolute Gasteiger partial charge is 0.276 e. The Labute approximate surface area is 199 Å². The van der Waals surface area contributed by atoms with E-state index in [0.717, 1.165) is 28.2 Å². The third-order valence-corrected chi connectivity index (χ3v) is 7.38. The number of rotatable bonds is 3. The molecular weight excluding hydrogens is 436 g/mol. The number of benzene rings is 3. The molecule has 0 aliphatic carbocycles. The number of nitrogens with zero attached hydrogens (tertiary/aromatic N) is 4. The molecule has 7 rings (SSSR count). The number of thiophene rings is 1. The molecule has 3 aromatic carbocycles. The fourth-order valence-corrected chi connectivity index (χ4v) is 5.91. The molecule has 0 aliphatic heterocycles. The van der Waals surface area contributed by atoms with E-state index in [-0.39, 0.29) is 0 Å². The van der Waals surface area contributed by atoms with Crippen LogP contribution in [0.2, 0.25) is 0 Å². The predicted molar refractivity (Wildman–Crippen MR) is 140 cm³/mol. The zero-order valence-corrected chi connectivity index (χ0v) is 18.9. The maximum atomic E-state index is 5.25. The Morgan fingerprint density at radius 2 is 1.50 bits per heavy atom. The number of aromatic nitrogens is 4. The highest BCUT2D eigenvalue weighted by Crippen LogP contribution is 2.45. The average Bonchev–Trinajstić information content (AvgIpc) is 3.48. The van der Waals surface area contributed by atoms with Crippen LogP contribution in [0.4, 0.5) is 0 Å². The fourth-order valence-electron chi connectivity index (χ4n) is 4.67. The number of hydrogen-bond donors (Lipinski definition) is 0. The van der Waals surface area contributed by atoms with Crippen molar-refractivity contribution in [1.29, 1.82) is 0 Å². The molecule has 0 bridgehead atoms. The number of imidazole rings is 1. The Bertz CT molecular complexity index is 1790. The van der Waals surface area contributed by atoms with E-state index in [1.54, 1.807) is 0 Å².